The number of ether oxygens (including phenoxy) is 1. The molecule has 1 saturated carbocycles. The third-order valence-corrected chi connectivity index (χ3v) is 12.2. The molecule has 1 fully saturated rings. The molecule has 3 atom stereocenters. The first kappa shape index (κ1) is 21.6. The van der Waals surface area contributed by atoms with Crippen molar-refractivity contribution in [1.82, 2.24) is 0 Å². The molecule has 0 amide bonds. The zero-order valence-corrected chi connectivity index (χ0v) is 19.6. The van der Waals surface area contributed by atoms with Crippen LogP contribution in [-0.2, 0) is 9.53 Å². The molecule has 0 heterocycles. The SMILES string of the molecule is CCOC(=O)[C@]1(C([Se]c2ccccc2)[Se]c2ccccc2)C[C@H](C#N)C[C@H]1C#N. The van der Waals surface area contributed by atoms with Gasteiger partial charge >= 0.3 is 185 Å². The van der Waals surface area contributed by atoms with Gasteiger partial charge in [-0.25, -0.2) is 0 Å². The van der Waals surface area contributed by atoms with Gasteiger partial charge in [-0.15, -0.1) is 0 Å². The van der Waals surface area contributed by atoms with Gasteiger partial charge in [0.2, 0.25) is 0 Å². The van der Waals surface area contributed by atoms with Crippen LogP contribution in [0.1, 0.15) is 19.8 Å². The van der Waals surface area contributed by atoms with E-state index in [2.05, 4.69) is 36.4 Å². The Hall–Kier alpha value is -2.07. The van der Waals surface area contributed by atoms with Crippen LogP contribution < -0.4 is 8.92 Å². The summed E-state index contributed by atoms with van der Waals surface area (Å²) in [5.41, 5.74) is -0.920. The van der Waals surface area contributed by atoms with Crippen molar-refractivity contribution in [3.8, 4) is 12.1 Å². The van der Waals surface area contributed by atoms with Crippen LogP contribution in [0.5, 0.6) is 0 Å². The van der Waals surface area contributed by atoms with E-state index in [9.17, 15) is 15.3 Å². The Balaban J connectivity index is 2.07. The summed E-state index contributed by atoms with van der Waals surface area (Å²) in [6.45, 7) is 2.07. The number of esters is 1. The molecule has 2 aromatic rings. The molecule has 0 radical (unpaired) electrons. The number of nitrogens with zero attached hydrogens (tertiary/aromatic N) is 2. The second-order valence-corrected chi connectivity index (χ2v) is 13.4. The van der Waals surface area contributed by atoms with E-state index in [1.807, 2.05) is 36.4 Å². The normalized spacial score (nSPS) is 23.3. The molecule has 0 aliphatic heterocycles. The summed E-state index contributed by atoms with van der Waals surface area (Å²) in [5.74, 6) is -1.08. The maximum absolute atomic E-state index is 13.4. The van der Waals surface area contributed by atoms with Gasteiger partial charge in [-0.3, -0.25) is 0 Å². The van der Waals surface area contributed by atoms with Crippen molar-refractivity contribution in [1.29, 1.82) is 10.5 Å². The average molecular weight is 516 g/mol. The molecule has 1 aliphatic carbocycles. The van der Waals surface area contributed by atoms with E-state index in [-0.39, 0.29) is 52.1 Å². The number of benzene rings is 2. The Morgan fingerprint density at radius 3 is 2.07 bits per heavy atom. The summed E-state index contributed by atoms with van der Waals surface area (Å²) < 4.78 is 7.92. The van der Waals surface area contributed by atoms with Gasteiger partial charge in [-0.1, -0.05) is 0 Å². The van der Waals surface area contributed by atoms with E-state index < -0.39 is 11.3 Å². The van der Waals surface area contributed by atoms with E-state index in [4.69, 9.17) is 4.74 Å². The number of nitriles is 2. The van der Waals surface area contributed by atoms with Gasteiger partial charge < -0.3 is 0 Å². The average Bonchev–Trinajstić information content (AvgIpc) is 3.15. The van der Waals surface area contributed by atoms with Crippen LogP contribution in [0, 0.1) is 39.9 Å². The van der Waals surface area contributed by atoms with Crippen LogP contribution in [0.4, 0.5) is 0 Å². The first-order chi connectivity index (χ1) is 14.1. The molecule has 0 bridgehead atoms. The van der Waals surface area contributed by atoms with Gasteiger partial charge in [0.15, 0.2) is 0 Å². The topological polar surface area (TPSA) is 73.9 Å². The van der Waals surface area contributed by atoms with Crippen LogP contribution in [0.15, 0.2) is 60.7 Å². The van der Waals surface area contributed by atoms with Gasteiger partial charge in [0.25, 0.3) is 0 Å². The van der Waals surface area contributed by atoms with E-state index in [1.54, 1.807) is 6.92 Å². The molecule has 0 spiro atoms. The molecule has 148 valence electrons. The van der Waals surface area contributed by atoms with E-state index >= 15 is 0 Å². The van der Waals surface area contributed by atoms with Crippen molar-refractivity contribution < 1.29 is 9.53 Å². The van der Waals surface area contributed by atoms with Crippen LogP contribution in [-0.4, -0.2) is 42.5 Å². The Morgan fingerprint density at radius 2 is 1.62 bits per heavy atom. The molecule has 0 aromatic heterocycles. The molecule has 1 aliphatic rings. The summed E-state index contributed by atoms with van der Waals surface area (Å²) in [4.78, 5) is 13.4. The number of carbonyl (C=O) groups excluding carboxylic acids is 1. The van der Waals surface area contributed by atoms with Crippen molar-refractivity contribution in [2.24, 2.45) is 17.3 Å². The summed E-state index contributed by atoms with van der Waals surface area (Å²) in [6.07, 6.45) is 0.854. The third-order valence-electron chi connectivity index (χ3n) is 5.11. The van der Waals surface area contributed by atoms with E-state index in [0.717, 1.165) is 0 Å². The van der Waals surface area contributed by atoms with Crippen LogP contribution in [0.2, 0.25) is 3.71 Å². The van der Waals surface area contributed by atoms with Crippen molar-refractivity contribution in [2.75, 3.05) is 6.61 Å². The van der Waals surface area contributed by atoms with Crippen LogP contribution >= 0.6 is 0 Å². The number of rotatable bonds is 7. The van der Waals surface area contributed by atoms with Gasteiger partial charge in [0.1, 0.15) is 0 Å². The van der Waals surface area contributed by atoms with Gasteiger partial charge in [0, 0.05) is 0 Å². The molecule has 3 rings (SSSR count). The standard InChI is InChI=1S/C23H22N2O2Se2/c1-2-27-21(26)23(14-17(15-24)13-18(23)16-25)22(28-19-9-5-3-6-10-19)29-20-11-7-4-8-12-20/h3-12,17-18,22H,2,13-14H2,1H3/t17-,18+,23+/m1/s1. The summed E-state index contributed by atoms with van der Waals surface area (Å²) in [6, 6.07) is 25.1. The Labute approximate surface area is 184 Å². The molecule has 0 unspecified atom stereocenters. The van der Waals surface area contributed by atoms with Gasteiger partial charge in [-0.2, -0.15) is 0 Å². The fraction of sp³-hybridized carbons (Fsp3) is 0.348. The van der Waals surface area contributed by atoms with Gasteiger partial charge in [-0.05, 0) is 0 Å². The molecule has 4 nitrogen and oxygen atoms in total. The zero-order valence-electron chi connectivity index (χ0n) is 16.2. The Bertz CT molecular complexity index is 866. The monoisotopic (exact) mass is 518 g/mol. The third kappa shape index (κ3) is 4.75. The molecular weight excluding hydrogens is 494 g/mol. The quantitative estimate of drug-likeness (QED) is 0.419. The van der Waals surface area contributed by atoms with Crippen molar-refractivity contribution >= 4 is 44.8 Å². The molecular formula is C23H22N2O2Se2. The van der Waals surface area contributed by atoms with Crippen molar-refractivity contribution in [2.45, 2.75) is 23.5 Å². The first-order valence-electron chi connectivity index (χ1n) is 9.54. The summed E-state index contributed by atoms with van der Waals surface area (Å²) >= 11 is -0.0490. The van der Waals surface area contributed by atoms with Crippen LogP contribution in [0.25, 0.3) is 0 Å². The fourth-order valence-corrected chi connectivity index (χ4v) is 11.5. The van der Waals surface area contributed by atoms with E-state index in [0.29, 0.717) is 12.8 Å². The van der Waals surface area contributed by atoms with E-state index in [1.165, 1.54) is 8.92 Å². The molecule has 0 saturated heterocycles. The first-order valence-corrected chi connectivity index (χ1v) is 13.2. The second-order valence-electron chi connectivity index (χ2n) is 6.90. The minimum atomic E-state index is -0.920. The maximum atomic E-state index is 13.4. The predicted molar refractivity (Wildman–Crippen MR) is 114 cm³/mol. The minimum absolute atomic E-state index is 0.00523. The molecule has 6 heteroatoms. The predicted octanol–water partition coefficient (Wildman–Crippen LogP) is 2.41. The summed E-state index contributed by atoms with van der Waals surface area (Å²) in [5, 5.41) is 19.5. The Morgan fingerprint density at radius 1 is 1.07 bits per heavy atom. The Kier molecular flexibility index (Phi) is 7.54. The number of hydrogen-bond donors (Lipinski definition) is 0. The number of hydrogen-bond acceptors (Lipinski definition) is 4. The molecule has 29 heavy (non-hydrogen) atoms. The van der Waals surface area contributed by atoms with Crippen LogP contribution in [0.3, 0.4) is 0 Å². The van der Waals surface area contributed by atoms with Gasteiger partial charge in [0.05, 0.1) is 0 Å². The van der Waals surface area contributed by atoms with Crippen molar-refractivity contribution in [3.05, 3.63) is 60.7 Å². The zero-order chi connectivity index (χ0) is 20.7. The summed E-state index contributed by atoms with van der Waals surface area (Å²) in [7, 11) is 0. The molecule has 0 N–H and O–H groups in total. The molecule has 2 aromatic carbocycles. The number of carbonyl (C=O) groups is 1. The fourth-order valence-electron chi connectivity index (χ4n) is 3.72. The second kappa shape index (κ2) is 10.1. The van der Waals surface area contributed by atoms with Crippen molar-refractivity contribution in [3.63, 3.8) is 0 Å².